The summed E-state index contributed by atoms with van der Waals surface area (Å²) >= 11 is 0. The molecule has 0 radical (unpaired) electrons. The average Bonchev–Trinajstić information content (AvgIpc) is 3.03. The lowest BCUT2D eigenvalue weighted by atomic mass is 9.99. The summed E-state index contributed by atoms with van der Waals surface area (Å²) < 4.78 is 0. The van der Waals surface area contributed by atoms with Crippen LogP contribution >= 0.6 is 0 Å². The molecular weight excluding hydrogens is 272 g/mol. The summed E-state index contributed by atoms with van der Waals surface area (Å²) in [7, 11) is 0. The van der Waals surface area contributed by atoms with Crippen molar-refractivity contribution in [2.75, 3.05) is 26.2 Å². The number of nitrogens with zero attached hydrogens (tertiary/aromatic N) is 3. The second-order valence-electron chi connectivity index (χ2n) is 6.14. The van der Waals surface area contributed by atoms with Gasteiger partial charge in [0.25, 0.3) is 0 Å². The Bertz CT molecular complexity index is 686. The summed E-state index contributed by atoms with van der Waals surface area (Å²) in [5.41, 5.74) is 6.62. The minimum Gasteiger partial charge on any atom is -0.312 e. The van der Waals surface area contributed by atoms with E-state index >= 15 is 0 Å². The number of rotatable bonds is 2. The number of hydrogen-bond acceptors (Lipinski definition) is 4. The molecular formula is C18H22N4. The predicted molar refractivity (Wildman–Crippen MR) is 89.4 cm³/mol. The summed E-state index contributed by atoms with van der Waals surface area (Å²) in [5.74, 6) is 1.09. The molecule has 0 spiro atoms. The minimum atomic E-state index is 0.868. The molecule has 1 aromatic rings. The van der Waals surface area contributed by atoms with E-state index in [2.05, 4.69) is 52.9 Å². The third kappa shape index (κ3) is 2.06. The normalized spacial score (nSPS) is 21.0. The highest BCUT2D eigenvalue weighted by Gasteiger charge is 2.36. The van der Waals surface area contributed by atoms with E-state index < -0.39 is 0 Å². The van der Waals surface area contributed by atoms with Gasteiger partial charge >= 0.3 is 0 Å². The van der Waals surface area contributed by atoms with Crippen LogP contribution in [0, 0.1) is 6.92 Å². The van der Waals surface area contributed by atoms with E-state index in [0.29, 0.717) is 0 Å². The second kappa shape index (κ2) is 5.29. The molecule has 0 aliphatic carbocycles. The van der Waals surface area contributed by atoms with Crippen LogP contribution in [0.4, 0.5) is 0 Å². The molecule has 3 aliphatic rings. The number of nitrogens with one attached hydrogen (secondary N) is 1. The van der Waals surface area contributed by atoms with Crippen LogP contribution in [-0.2, 0) is 6.54 Å². The van der Waals surface area contributed by atoms with Crippen molar-refractivity contribution in [3.8, 4) is 0 Å². The molecule has 114 valence electrons. The molecule has 4 heteroatoms. The maximum atomic E-state index is 4.76. The van der Waals surface area contributed by atoms with E-state index in [0.717, 1.165) is 50.8 Å². The molecule has 0 unspecified atom stereocenters. The summed E-state index contributed by atoms with van der Waals surface area (Å²) in [6.45, 7) is 11.2. The minimum absolute atomic E-state index is 0.868. The molecule has 4 rings (SSSR count). The van der Waals surface area contributed by atoms with E-state index in [1.807, 2.05) is 0 Å². The fraction of sp³-hybridized carbons (Fsp3) is 0.389. The standard InChI is InChI=1S/C18H22N4/c1-13-5-3-4-6-15(13)12-22-17-7-8-19-11-16(17)14(2)21-10-9-20-18(21)22/h3-6,19H,2,7-12H2,1H3. The summed E-state index contributed by atoms with van der Waals surface area (Å²) in [5, 5.41) is 3.48. The number of hydrogen-bond donors (Lipinski definition) is 1. The van der Waals surface area contributed by atoms with Crippen molar-refractivity contribution in [2.45, 2.75) is 19.9 Å². The Kier molecular flexibility index (Phi) is 3.26. The largest absolute Gasteiger partial charge is 0.312 e. The molecule has 4 nitrogen and oxygen atoms in total. The van der Waals surface area contributed by atoms with Crippen LogP contribution < -0.4 is 5.32 Å². The van der Waals surface area contributed by atoms with Gasteiger partial charge in [0.15, 0.2) is 0 Å². The lowest BCUT2D eigenvalue weighted by molar-refractivity contribution is 0.370. The summed E-state index contributed by atoms with van der Waals surface area (Å²) in [6.07, 6.45) is 1.05. The topological polar surface area (TPSA) is 30.9 Å². The maximum Gasteiger partial charge on any atom is 0.205 e. The van der Waals surface area contributed by atoms with Gasteiger partial charge in [-0.1, -0.05) is 30.8 Å². The molecule has 0 atom stereocenters. The molecule has 0 saturated carbocycles. The number of benzene rings is 1. The van der Waals surface area contributed by atoms with Crippen LogP contribution in [0.2, 0.25) is 0 Å². The first kappa shape index (κ1) is 13.6. The average molecular weight is 294 g/mol. The molecule has 3 heterocycles. The molecule has 1 aromatic carbocycles. The van der Waals surface area contributed by atoms with Gasteiger partial charge < -0.3 is 15.1 Å². The van der Waals surface area contributed by atoms with Crippen molar-refractivity contribution in [1.82, 2.24) is 15.1 Å². The van der Waals surface area contributed by atoms with Gasteiger partial charge in [-0.2, -0.15) is 0 Å². The molecule has 0 aromatic heterocycles. The first-order chi connectivity index (χ1) is 10.8. The number of aliphatic imine (C=N–C) groups is 1. The Morgan fingerprint density at radius 3 is 3.05 bits per heavy atom. The highest BCUT2D eigenvalue weighted by molar-refractivity contribution is 5.88. The molecule has 0 saturated heterocycles. The lowest BCUT2D eigenvalue weighted by Crippen LogP contribution is -2.48. The van der Waals surface area contributed by atoms with Crippen LogP contribution in [0.1, 0.15) is 17.5 Å². The van der Waals surface area contributed by atoms with Crippen LogP contribution in [-0.4, -0.2) is 41.9 Å². The van der Waals surface area contributed by atoms with Gasteiger partial charge in [0, 0.05) is 43.0 Å². The van der Waals surface area contributed by atoms with Gasteiger partial charge in [-0.05, 0) is 18.1 Å². The van der Waals surface area contributed by atoms with Gasteiger partial charge in [-0.3, -0.25) is 4.99 Å². The van der Waals surface area contributed by atoms with Gasteiger partial charge in [-0.25, -0.2) is 0 Å². The highest BCUT2D eigenvalue weighted by Crippen LogP contribution is 2.34. The third-order valence-corrected chi connectivity index (χ3v) is 4.84. The fourth-order valence-corrected chi connectivity index (χ4v) is 3.57. The Hall–Kier alpha value is -2.07. The van der Waals surface area contributed by atoms with E-state index in [1.54, 1.807) is 0 Å². The number of guanidine groups is 1. The first-order valence-corrected chi connectivity index (χ1v) is 8.02. The van der Waals surface area contributed by atoms with Crippen LogP contribution in [0.25, 0.3) is 0 Å². The van der Waals surface area contributed by atoms with Crippen molar-refractivity contribution in [3.63, 3.8) is 0 Å². The molecule has 3 aliphatic heterocycles. The zero-order valence-electron chi connectivity index (χ0n) is 13.1. The first-order valence-electron chi connectivity index (χ1n) is 8.02. The van der Waals surface area contributed by atoms with Crippen LogP contribution in [0.3, 0.4) is 0 Å². The zero-order chi connectivity index (χ0) is 15.1. The van der Waals surface area contributed by atoms with Gasteiger partial charge in [0.2, 0.25) is 5.96 Å². The van der Waals surface area contributed by atoms with E-state index in [-0.39, 0.29) is 0 Å². The zero-order valence-corrected chi connectivity index (χ0v) is 13.1. The highest BCUT2D eigenvalue weighted by atomic mass is 15.4. The Morgan fingerprint density at radius 1 is 1.32 bits per heavy atom. The van der Waals surface area contributed by atoms with Gasteiger partial charge in [-0.15, -0.1) is 0 Å². The predicted octanol–water partition coefficient (Wildman–Crippen LogP) is 2.24. The van der Waals surface area contributed by atoms with E-state index in [4.69, 9.17) is 4.99 Å². The molecule has 22 heavy (non-hydrogen) atoms. The van der Waals surface area contributed by atoms with Crippen molar-refractivity contribution < 1.29 is 0 Å². The Labute approximate surface area is 131 Å². The quantitative estimate of drug-likeness (QED) is 0.907. The number of aryl methyl sites for hydroxylation is 1. The Morgan fingerprint density at radius 2 is 2.18 bits per heavy atom. The van der Waals surface area contributed by atoms with E-state index in [1.165, 1.54) is 22.4 Å². The van der Waals surface area contributed by atoms with Crippen molar-refractivity contribution >= 4 is 5.96 Å². The third-order valence-electron chi connectivity index (χ3n) is 4.84. The van der Waals surface area contributed by atoms with Crippen molar-refractivity contribution in [1.29, 1.82) is 0 Å². The fourth-order valence-electron chi connectivity index (χ4n) is 3.57. The van der Waals surface area contributed by atoms with Crippen LogP contribution in [0.15, 0.2) is 52.8 Å². The summed E-state index contributed by atoms with van der Waals surface area (Å²) in [6, 6.07) is 8.63. The summed E-state index contributed by atoms with van der Waals surface area (Å²) in [4.78, 5) is 9.46. The SMILES string of the molecule is C=C1C2=C(CCNC2)N(Cc2ccccc2C)C2=NCCN12. The molecule has 0 fully saturated rings. The van der Waals surface area contributed by atoms with Crippen molar-refractivity contribution in [3.05, 3.63) is 58.9 Å². The monoisotopic (exact) mass is 294 g/mol. The van der Waals surface area contributed by atoms with Crippen molar-refractivity contribution in [2.24, 2.45) is 4.99 Å². The second-order valence-corrected chi connectivity index (χ2v) is 6.14. The Balaban J connectivity index is 1.76. The lowest BCUT2D eigenvalue weighted by Gasteiger charge is -2.42. The van der Waals surface area contributed by atoms with Gasteiger partial charge in [0.1, 0.15) is 0 Å². The maximum absolute atomic E-state index is 4.76. The molecule has 0 amide bonds. The van der Waals surface area contributed by atoms with Crippen LogP contribution in [0.5, 0.6) is 0 Å². The smallest absolute Gasteiger partial charge is 0.205 e. The van der Waals surface area contributed by atoms with E-state index in [9.17, 15) is 0 Å². The molecule has 0 bridgehead atoms. The number of fused-ring (bicyclic) bond motifs is 1. The molecule has 1 N–H and O–H groups in total. The van der Waals surface area contributed by atoms with Gasteiger partial charge in [0.05, 0.1) is 13.1 Å².